The molecule has 0 aliphatic heterocycles. The van der Waals surface area contributed by atoms with Gasteiger partial charge in [-0.15, -0.1) is 0 Å². The number of phenolic OH excluding ortho intramolecular Hbond substituents is 2. The van der Waals surface area contributed by atoms with Crippen molar-refractivity contribution >= 4 is 12.2 Å². The van der Waals surface area contributed by atoms with Crippen LogP contribution in [-0.2, 0) is 4.79 Å². The van der Waals surface area contributed by atoms with Crippen LogP contribution in [0.2, 0.25) is 0 Å². The Bertz CT molecular complexity index is 400. The molecule has 0 fully saturated rings. The van der Waals surface area contributed by atoms with Crippen LogP contribution in [0.3, 0.4) is 0 Å². The predicted octanol–water partition coefficient (Wildman–Crippen LogP) is 0.990. The van der Waals surface area contributed by atoms with Crippen LogP contribution >= 0.6 is 0 Å². The molecule has 3 N–H and O–H groups in total. The molecule has 15 heavy (non-hydrogen) atoms. The van der Waals surface area contributed by atoms with Gasteiger partial charge in [-0.3, -0.25) is 4.99 Å². The van der Waals surface area contributed by atoms with Crippen molar-refractivity contribution in [3.8, 4) is 11.5 Å². The van der Waals surface area contributed by atoms with Gasteiger partial charge in [0, 0.05) is 17.8 Å². The molecular weight excluding hydrogens is 198 g/mol. The Morgan fingerprint density at radius 2 is 2.13 bits per heavy atom. The molecule has 0 aliphatic rings. The summed E-state index contributed by atoms with van der Waals surface area (Å²) >= 11 is 0. The molecular formula is C10H11NO4. The van der Waals surface area contributed by atoms with E-state index in [1.165, 1.54) is 25.3 Å². The van der Waals surface area contributed by atoms with Crippen LogP contribution in [0.25, 0.3) is 0 Å². The molecule has 0 aromatic heterocycles. The summed E-state index contributed by atoms with van der Waals surface area (Å²) in [6, 6.07) is 3.13. The molecule has 0 amide bonds. The smallest absolute Gasteiger partial charge is 0.328 e. The van der Waals surface area contributed by atoms with Crippen molar-refractivity contribution < 1.29 is 20.1 Å². The zero-order valence-electron chi connectivity index (χ0n) is 8.08. The SMILES string of the molecule is C[C@@H](N=Cc1ccc(O)cc1O)C(=O)O. The third-order valence-corrected chi connectivity index (χ3v) is 1.81. The van der Waals surface area contributed by atoms with Gasteiger partial charge in [0.05, 0.1) is 0 Å². The van der Waals surface area contributed by atoms with Gasteiger partial charge in [0.1, 0.15) is 17.5 Å². The number of aromatic hydroxyl groups is 2. The lowest BCUT2D eigenvalue weighted by Crippen LogP contribution is -2.13. The number of aliphatic imine (C=N–C) groups is 1. The van der Waals surface area contributed by atoms with Crippen LogP contribution in [0.5, 0.6) is 11.5 Å². The van der Waals surface area contributed by atoms with Gasteiger partial charge in [-0.2, -0.15) is 0 Å². The molecule has 0 heterocycles. The van der Waals surface area contributed by atoms with Crippen LogP contribution in [0, 0.1) is 0 Å². The van der Waals surface area contributed by atoms with Crippen LogP contribution < -0.4 is 0 Å². The monoisotopic (exact) mass is 209 g/mol. The fourth-order valence-electron chi connectivity index (χ4n) is 0.897. The van der Waals surface area contributed by atoms with E-state index in [2.05, 4.69) is 4.99 Å². The van der Waals surface area contributed by atoms with E-state index in [1.54, 1.807) is 0 Å². The van der Waals surface area contributed by atoms with Crippen molar-refractivity contribution in [2.24, 2.45) is 4.99 Å². The van der Waals surface area contributed by atoms with Crippen molar-refractivity contribution in [1.29, 1.82) is 0 Å². The molecule has 0 saturated heterocycles. The maximum atomic E-state index is 10.4. The quantitative estimate of drug-likeness (QED) is 0.647. The van der Waals surface area contributed by atoms with Crippen molar-refractivity contribution in [3.63, 3.8) is 0 Å². The molecule has 1 aromatic rings. The molecule has 0 spiro atoms. The molecule has 0 radical (unpaired) electrons. The summed E-state index contributed by atoms with van der Waals surface area (Å²) in [4.78, 5) is 14.2. The summed E-state index contributed by atoms with van der Waals surface area (Å²) in [6.07, 6.45) is 1.26. The number of aliphatic carboxylic acids is 1. The van der Waals surface area contributed by atoms with Crippen LogP contribution in [0.1, 0.15) is 12.5 Å². The zero-order chi connectivity index (χ0) is 11.4. The van der Waals surface area contributed by atoms with E-state index in [0.717, 1.165) is 6.07 Å². The Morgan fingerprint density at radius 3 is 2.67 bits per heavy atom. The van der Waals surface area contributed by atoms with Gasteiger partial charge in [-0.05, 0) is 19.1 Å². The van der Waals surface area contributed by atoms with Crippen LogP contribution in [0.15, 0.2) is 23.2 Å². The van der Waals surface area contributed by atoms with Gasteiger partial charge in [-0.1, -0.05) is 0 Å². The molecule has 1 aromatic carbocycles. The standard InChI is InChI=1S/C10H11NO4/c1-6(10(14)15)11-5-7-2-3-8(12)4-9(7)13/h2-6,12-13H,1H3,(H,14,15)/t6-/m1/s1. The minimum Gasteiger partial charge on any atom is -0.508 e. The summed E-state index contributed by atoms with van der Waals surface area (Å²) in [6.45, 7) is 1.43. The van der Waals surface area contributed by atoms with E-state index in [1.807, 2.05) is 0 Å². The number of nitrogens with zero attached hydrogens (tertiary/aromatic N) is 1. The summed E-state index contributed by atoms with van der Waals surface area (Å²) < 4.78 is 0. The summed E-state index contributed by atoms with van der Waals surface area (Å²) in [5, 5.41) is 26.9. The topological polar surface area (TPSA) is 90.1 Å². The lowest BCUT2D eigenvalue weighted by molar-refractivity contribution is -0.137. The largest absolute Gasteiger partial charge is 0.508 e. The average molecular weight is 209 g/mol. The van der Waals surface area contributed by atoms with Crippen LogP contribution in [-0.4, -0.2) is 33.5 Å². The van der Waals surface area contributed by atoms with Gasteiger partial charge in [0.2, 0.25) is 0 Å². The van der Waals surface area contributed by atoms with E-state index in [-0.39, 0.29) is 11.5 Å². The molecule has 1 atom stereocenters. The number of carboxylic acid groups (broad SMARTS) is 1. The lowest BCUT2D eigenvalue weighted by Gasteiger charge is -2.01. The Labute approximate surface area is 86.3 Å². The molecule has 80 valence electrons. The molecule has 0 unspecified atom stereocenters. The second kappa shape index (κ2) is 4.45. The molecule has 5 heteroatoms. The van der Waals surface area contributed by atoms with E-state index in [9.17, 15) is 9.90 Å². The number of phenols is 2. The maximum Gasteiger partial charge on any atom is 0.328 e. The first-order chi connectivity index (χ1) is 7.00. The number of rotatable bonds is 3. The second-order valence-electron chi connectivity index (χ2n) is 3.04. The molecule has 0 bridgehead atoms. The van der Waals surface area contributed by atoms with Gasteiger partial charge in [0.25, 0.3) is 0 Å². The third-order valence-electron chi connectivity index (χ3n) is 1.81. The Hall–Kier alpha value is -2.04. The number of hydrogen-bond acceptors (Lipinski definition) is 4. The zero-order valence-corrected chi connectivity index (χ0v) is 8.08. The van der Waals surface area contributed by atoms with Gasteiger partial charge < -0.3 is 15.3 Å². The second-order valence-corrected chi connectivity index (χ2v) is 3.04. The highest BCUT2D eigenvalue weighted by molar-refractivity contribution is 5.86. The van der Waals surface area contributed by atoms with Crippen molar-refractivity contribution in [3.05, 3.63) is 23.8 Å². The normalized spacial score (nSPS) is 12.9. The maximum absolute atomic E-state index is 10.4. The predicted molar refractivity (Wildman–Crippen MR) is 54.5 cm³/mol. The minimum atomic E-state index is -1.04. The lowest BCUT2D eigenvalue weighted by atomic mass is 10.2. The molecule has 0 saturated carbocycles. The van der Waals surface area contributed by atoms with Crippen molar-refractivity contribution in [1.82, 2.24) is 0 Å². The van der Waals surface area contributed by atoms with Crippen molar-refractivity contribution in [2.45, 2.75) is 13.0 Å². The Kier molecular flexibility index (Phi) is 3.28. The summed E-state index contributed by atoms with van der Waals surface area (Å²) in [5.41, 5.74) is 0.362. The van der Waals surface area contributed by atoms with Crippen LogP contribution in [0.4, 0.5) is 0 Å². The molecule has 0 aliphatic carbocycles. The van der Waals surface area contributed by atoms with Gasteiger partial charge in [-0.25, -0.2) is 4.79 Å². The fourth-order valence-corrected chi connectivity index (χ4v) is 0.897. The van der Waals surface area contributed by atoms with Gasteiger partial charge >= 0.3 is 5.97 Å². The molecule has 1 rings (SSSR count). The summed E-state index contributed by atoms with van der Waals surface area (Å²) in [7, 11) is 0. The number of carboxylic acids is 1. The highest BCUT2D eigenvalue weighted by Crippen LogP contribution is 2.20. The van der Waals surface area contributed by atoms with E-state index < -0.39 is 12.0 Å². The first-order valence-electron chi connectivity index (χ1n) is 4.28. The highest BCUT2D eigenvalue weighted by atomic mass is 16.4. The fraction of sp³-hybridized carbons (Fsp3) is 0.200. The first-order valence-corrected chi connectivity index (χ1v) is 4.28. The Morgan fingerprint density at radius 1 is 1.47 bits per heavy atom. The summed E-state index contributed by atoms with van der Waals surface area (Å²) in [5.74, 6) is -1.24. The van der Waals surface area contributed by atoms with E-state index >= 15 is 0 Å². The number of benzene rings is 1. The first kappa shape index (κ1) is 11.0. The molecule has 5 nitrogen and oxygen atoms in total. The van der Waals surface area contributed by atoms with Gasteiger partial charge in [0.15, 0.2) is 0 Å². The minimum absolute atomic E-state index is 0.0593. The van der Waals surface area contributed by atoms with E-state index in [4.69, 9.17) is 10.2 Å². The van der Waals surface area contributed by atoms with Crippen molar-refractivity contribution in [2.75, 3.05) is 0 Å². The highest BCUT2D eigenvalue weighted by Gasteiger charge is 2.07. The average Bonchev–Trinajstić information content (AvgIpc) is 2.15. The number of hydrogen-bond donors (Lipinski definition) is 3. The number of carbonyl (C=O) groups is 1. The Balaban J connectivity index is 2.85. The third kappa shape index (κ3) is 2.98. The van der Waals surface area contributed by atoms with E-state index in [0.29, 0.717) is 5.56 Å².